The number of rotatable bonds is 11. The molecule has 0 saturated carbocycles. The molecule has 12 heteroatoms. The monoisotopic (exact) mass is 618 g/mol. The van der Waals surface area contributed by atoms with Gasteiger partial charge in [-0.2, -0.15) is 0 Å². The molecule has 1 aliphatic heterocycles. The summed E-state index contributed by atoms with van der Waals surface area (Å²) in [5, 5.41) is 6.10. The number of para-hydroxylation sites is 2. The fourth-order valence-corrected chi connectivity index (χ4v) is 6.66. The van der Waals surface area contributed by atoms with Crippen LogP contribution in [0.25, 0.3) is 11.0 Å². The molecule has 0 aliphatic carbocycles. The van der Waals surface area contributed by atoms with E-state index >= 15 is 0 Å². The number of hydrogen-bond acceptors (Lipinski definition) is 9. The number of methoxy groups -OCH3 is 2. The molecule has 3 aromatic carbocycles. The summed E-state index contributed by atoms with van der Waals surface area (Å²) in [4.78, 5) is 24.5. The van der Waals surface area contributed by atoms with Gasteiger partial charge in [-0.3, -0.25) is 9.69 Å². The number of carbonyl (C=O) groups excluding carboxylic acids is 1. The first-order valence-corrected chi connectivity index (χ1v) is 16.1. The third-order valence-corrected chi connectivity index (χ3v) is 9.50. The number of fused-ring (bicyclic) bond motifs is 1. The van der Waals surface area contributed by atoms with E-state index < -0.39 is 10.0 Å². The van der Waals surface area contributed by atoms with Crippen LogP contribution in [0.2, 0.25) is 0 Å². The van der Waals surface area contributed by atoms with Crippen molar-refractivity contribution in [2.24, 2.45) is 5.92 Å². The number of nitrogens with zero attached hydrogens (tertiary/aromatic N) is 4. The normalized spacial score (nSPS) is 14.3. The molecule has 1 aromatic heterocycles. The largest absolute Gasteiger partial charge is 0.497 e. The Morgan fingerprint density at radius 2 is 1.59 bits per heavy atom. The number of amides is 1. The van der Waals surface area contributed by atoms with E-state index in [0.717, 1.165) is 25.9 Å². The van der Waals surface area contributed by atoms with Crippen LogP contribution in [0.4, 0.5) is 23.0 Å². The first-order chi connectivity index (χ1) is 21.2. The minimum Gasteiger partial charge on any atom is -0.497 e. The molecule has 0 spiro atoms. The Hall–Kier alpha value is -4.42. The molecule has 11 nitrogen and oxygen atoms in total. The van der Waals surface area contributed by atoms with Crippen molar-refractivity contribution in [3.63, 3.8) is 0 Å². The van der Waals surface area contributed by atoms with Gasteiger partial charge < -0.3 is 20.1 Å². The lowest BCUT2D eigenvalue weighted by Crippen LogP contribution is -2.38. The standard InChI is InChI=1S/C32H38N6O5S/c1-5-38(44(40,41)27-10-8-9-23(19-27)33-30(39)21-37-15-13-22(2)14-16-37)32-31(35-28-11-6-7-12-29(28)36-32)34-24-17-25(42-3)20-26(18-24)43-4/h6-12,17-20,22H,5,13-16,21H2,1-4H3,(H,33,39)(H,34,35). The van der Waals surface area contributed by atoms with Gasteiger partial charge in [-0.05, 0) is 69.1 Å². The number of piperidine rings is 1. The fourth-order valence-electron chi connectivity index (χ4n) is 5.18. The van der Waals surface area contributed by atoms with Gasteiger partial charge in [0.05, 0.1) is 36.7 Å². The maximum Gasteiger partial charge on any atom is 0.265 e. The van der Waals surface area contributed by atoms with Gasteiger partial charge in [0.2, 0.25) is 5.91 Å². The summed E-state index contributed by atoms with van der Waals surface area (Å²) in [6.45, 7) is 6.05. The number of sulfonamides is 1. The number of hydrogen-bond donors (Lipinski definition) is 2. The Labute approximate surface area is 258 Å². The summed E-state index contributed by atoms with van der Waals surface area (Å²) in [6.07, 6.45) is 2.13. The highest BCUT2D eigenvalue weighted by Crippen LogP contribution is 2.34. The number of carbonyl (C=O) groups is 1. The molecule has 44 heavy (non-hydrogen) atoms. The smallest absolute Gasteiger partial charge is 0.265 e. The van der Waals surface area contributed by atoms with Gasteiger partial charge in [0.15, 0.2) is 11.6 Å². The van der Waals surface area contributed by atoms with Crippen LogP contribution in [0, 0.1) is 5.92 Å². The lowest BCUT2D eigenvalue weighted by Gasteiger charge is -2.29. The Morgan fingerprint density at radius 1 is 0.932 bits per heavy atom. The van der Waals surface area contributed by atoms with Crippen LogP contribution in [0.3, 0.4) is 0 Å². The van der Waals surface area contributed by atoms with E-state index in [4.69, 9.17) is 19.4 Å². The molecule has 1 aliphatic rings. The first kappa shape index (κ1) is 31.0. The molecular weight excluding hydrogens is 580 g/mol. The maximum absolute atomic E-state index is 14.2. The molecule has 2 N–H and O–H groups in total. The lowest BCUT2D eigenvalue weighted by molar-refractivity contribution is -0.117. The molecule has 0 bridgehead atoms. The summed E-state index contributed by atoms with van der Waals surface area (Å²) in [6, 6.07) is 18.8. The summed E-state index contributed by atoms with van der Waals surface area (Å²) >= 11 is 0. The summed E-state index contributed by atoms with van der Waals surface area (Å²) in [7, 11) is -1.02. The number of benzene rings is 3. The van der Waals surface area contributed by atoms with E-state index in [-0.39, 0.29) is 35.5 Å². The van der Waals surface area contributed by atoms with Crippen LogP contribution in [0.1, 0.15) is 26.7 Å². The van der Waals surface area contributed by atoms with Gasteiger partial charge >= 0.3 is 0 Å². The Bertz CT molecular complexity index is 1720. The van der Waals surface area contributed by atoms with E-state index in [9.17, 15) is 13.2 Å². The van der Waals surface area contributed by atoms with Crippen LogP contribution in [0.15, 0.2) is 71.6 Å². The molecule has 5 rings (SSSR count). The van der Waals surface area contributed by atoms with E-state index in [1.54, 1.807) is 57.5 Å². The van der Waals surface area contributed by atoms with Crippen molar-refractivity contribution >= 4 is 50.0 Å². The second kappa shape index (κ2) is 13.5. The zero-order valence-electron chi connectivity index (χ0n) is 25.4. The van der Waals surface area contributed by atoms with Crippen LogP contribution >= 0.6 is 0 Å². The molecule has 1 fully saturated rings. The molecule has 4 aromatic rings. The third kappa shape index (κ3) is 7.03. The van der Waals surface area contributed by atoms with Gasteiger partial charge in [0, 0.05) is 36.1 Å². The van der Waals surface area contributed by atoms with Gasteiger partial charge in [0.25, 0.3) is 10.0 Å². The lowest BCUT2D eigenvalue weighted by atomic mass is 9.99. The van der Waals surface area contributed by atoms with Gasteiger partial charge in [-0.25, -0.2) is 22.7 Å². The van der Waals surface area contributed by atoms with Crippen molar-refractivity contribution in [3.05, 3.63) is 66.7 Å². The van der Waals surface area contributed by atoms with Crippen LogP contribution in [-0.4, -0.2) is 69.6 Å². The first-order valence-electron chi connectivity index (χ1n) is 14.6. The predicted molar refractivity (Wildman–Crippen MR) is 172 cm³/mol. The van der Waals surface area contributed by atoms with Crippen molar-refractivity contribution in [3.8, 4) is 11.5 Å². The van der Waals surface area contributed by atoms with Crippen molar-refractivity contribution in [1.29, 1.82) is 0 Å². The summed E-state index contributed by atoms with van der Waals surface area (Å²) in [5.41, 5.74) is 2.12. The van der Waals surface area contributed by atoms with Crippen molar-refractivity contribution in [1.82, 2.24) is 14.9 Å². The van der Waals surface area contributed by atoms with E-state index in [1.807, 2.05) is 18.2 Å². The van der Waals surface area contributed by atoms with Crippen LogP contribution in [0.5, 0.6) is 11.5 Å². The molecule has 0 unspecified atom stereocenters. The van der Waals surface area contributed by atoms with Crippen LogP contribution < -0.4 is 24.4 Å². The quantitative estimate of drug-likeness (QED) is 0.231. The number of anilines is 4. The van der Waals surface area contributed by atoms with E-state index in [2.05, 4.69) is 22.5 Å². The van der Waals surface area contributed by atoms with Crippen molar-refractivity contribution in [2.45, 2.75) is 31.6 Å². The molecule has 1 saturated heterocycles. The molecular formula is C32H38N6O5S. The highest BCUT2D eigenvalue weighted by molar-refractivity contribution is 7.92. The van der Waals surface area contributed by atoms with E-state index in [1.165, 1.54) is 16.4 Å². The highest BCUT2D eigenvalue weighted by Gasteiger charge is 2.29. The highest BCUT2D eigenvalue weighted by atomic mass is 32.2. The number of ether oxygens (including phenoxy) is 2. The predicted octanol–water partition coefficient (Wildman–Crippen LogP) is 5.28. The second-order valence-electron chi connectivity index (χ2n) is 10.8. The molecule has 0 atom stereocenters. The maximum atomic E-state index is 14.2. The topological polar surface area (TPSA) is 126 Å². The Balaban J connectivity index is 1.47. The van der Waals surface area contributed by atoms with Crippen molar-refractivity contribution < 1.29 is 22.7 Å². The number of nitrogens with one attached hydrogen (secondary N) is 2. The van der Waals surface area contributed by atoms with E-state index in [0.29, 0.717) is 39.8 Å². The average Bonchev–Trinajstić information content (AvgIpc) is 3.02. The minimum absolute atomic E-state index is 0.0212. The van der Waals surface area contributed by atoms with Crippen molar-refractivity contribution in [2.75, 3.05) is 55.3 Å². The molecule has 2 heterocycles. The SMILES string of the molecule is CCN(c1nc2ccccc2nc1Nc1cc(OC)cc(OC)c1)S(=O)(=O)c1cccc(NC(=O)CN2CCC(C)CC2)c1. The second-order valence-corrected chi connectivity index (χ2v) is 12.7. The average molecular weight is 619 g/mol. The number of aromatic nitrogens is 2. The zero-order chi connectivity index (χ0) is 31.3. The molecule has 0 radical (unpaired) electrons. The summed E-state index contributed by atoms with van der Waals surface area (Å²) in [5.74, 6) is 1.96. The number of likely N-dealkylation sites (tertiary alicyclic amines) is 1. The minimum atomic E-state index is -4.13. The zero-order valence-corrected chi connectivity index (χ0v) is 26.2. The Kier molecular flexibility index (Phi) is 9.50. The third-order valence-electron chi connectivity index (χ3n) is 7.64. The van der Waals surface area contributed by atoms with Gasteiger partial charge in [-0.15, -0.1) is 0 Å². The molecule has 232 valence electrons. The van der Waals surface area contributed by atoms with Gasteiger partial charge in [-0.1, -0.05) is 25.1 Å². The van der Waals surface area contributed by atoms with Crippen LogP contribution in [-0.2, 0) is 14.8 Å². The summed E-state index contributed by atoms with van der Waals surface area (Å²) < 4.78 is 40.3. The fraction of sp³-hybridized carbons (Fsp3) is 0.344. The molecule has 1 amide bonds. The Morgan fingerprint density at radius 3 is 2.23 bits per heavy atom. The van der Waals surface area contributed by atoms with Gasteiger partial charge in [0.1, 0.15) is 11.5 Å².